The number of fused-ring (bicyclic) bond motifs is 1. The Morgan fingerprint density at radius 2 is 2.00 bits per heavy atom. The highest BCUT2D eigenvalue weighted by atomic mass is 16.5. The summed E-state index contributed by atoms with van der Waals surface area (Å²) in [6.07, 6.45) is 9.09. The molecule has 1 atom stereocenters. The average molecular weight is 321 g/mol. The number of anilines is 1. The minimum Gasteiger partial charge on any atom is -0.476 e. The van der Waals surface area contributed by atoms with Crippen LogP contribution in [-0.2, 0) is 0 Å². The van der Waals surface area contributed by atoms with Gasteiger partial charge < -0.3 is 9.64 Å². The molecule has 0 amide bonds. The first kappa shape index (κ1) is 14.8. The van der Waals surface area contributed by atoms with E-state index in [1.807, 2.05) is 30.5 Å². The molecule has 1 aliphatic rings. The molecule has 0 saturated carbocycles. The Bertz CT molecular complexity index is 811. The van der Waals surface area contributed by atoms with Crippen LogP contribution in [0.3, 0.4) is 0 Å². The molecule has 122 valence electrons. The summed E-state index contributed by atoms with van der Waals surface area (Å²) in [5.74, 6) is 1.98. The summed E-state index contributed by atoms with van der Waals surface area (Å²) < 4.78 is 5.76. The summed E-state index contributed by atoms with van der Waals surface area (Å²) >= 11 is 0. The monoisotopic (exact) mass is 321 g/mol. The van der Waals surface area contributed by atoms with Crippen molar-refractivity contribution in [3.63, 3.8) is 0 Å². The third kappa shape index (κ3) is 3.27. The lowest BCUT2D eigenvalue weighted by Gasteiger charge is -2.33. The van der Waals surface area contributed by atoms with Crippen LogP contribution in [0.25, 0.3) is 11.0 Å². The molecule has 6 nitrogen and oxygen atoms in total. The lowest BCUT2D eigenvalue weighted by molar-refractivity contribution is 0.221. The van der Waals surface area contributed by atoms with E-state index in [0.717, 1.165) is 42.8 Å². The first-order chi connectivity index (χ1) is 11.9. The molecule has 0 N–H and O–H groups in total. The molecule has 0 spiro atoms. The summed E-state index contributed by atoms with van der Waals surface area (Å²) in [6, 6.07) is 7.97. The van der Waals surface area contributed by atoms with Crippen molar-refractivity contribution in [2.75, 3.05) is 24.6 Å². The third-order valence-corrected chi connectivity index (χ3v) is 4.29. The zero-order chi connectivity index (χ0) is 16.2. The molecular formula is C18H19N5O. The summed E-state index contributed by atoms with van der Waals surface area (Å²) in [6.45, 7) is 2.58. The number of aromatic nitrogens is 4. The maximum atomic E-state index is 5.76. The second kappa shape index (κ2) is 6.78. The highest BCUT2D eigenvalue weighted by Gasteiger charge is 2.22. The van der Waals surface area contributed by atoms with Gasteiger partial charge in [0.1, 0.15) is 5.82 Å². The number of rotatable bonds is 4. The van der Waals surface area contributed by atoms with Crippen molar-refractivity contribution in [3.05, 3.63) is 49.1 Å². The zero-order valence-corrected chi connectivity index (χ0v) is 13.4. The van der Waals surface area contributed by atoms with Crippen LogP contribution >= 0.6 is 0 Å². The Labute approximate surface area is 140 Å². The molecule has 0 bridgehead atoms. The van der Waals surface area contributed by atoms with E-state index >= 15 is 0 Å². The molecule has 1 aliphatic heterocycles. The molecule has 1 aromatic carbocycles. The Morgan fingerprint density at radius 1 is 1.08 bits per heavy atom. The first-order valence-electron chi connectivity index (χ1n) is 8.24. The number of benzene rings is 1. The minimum absolute atomic E-state index is 0.453. The van der Waals surface area contributed by atoms with E-state index in [0.29, 0.717) is 18.4 Å². The van der Waals surface area contributed by atoms with Crippen LogP contribution in [0.15, 0.2) is 49.1 Å². The second-order valence-electron chi connectivity index (χ2n) is 6.03. The molecule has 24 heavy (non-hydrogen) atoms. The van der Waals surface area contributed by atoms with Gasteiger partial charge in [0, 0.05) is 31.4 Å². The van der Waals surface area contributed by atoms with Gasteiger partial charge in [-0.05, 0) is 25.0 Å². The van der Waals surface area contributed by atoms with Crippen molar-refractivity contribution in [2.45, 2.75) is 12.8 Å². The fourth-order valence-electron chi connectivity index (χ4n) is 3.07. The largest absolute Gasteiger partial charge is 0.476 e. The molecule has 1 unspecified atom stereocenters. The van der Waals surface area contributed by atoms with Gasteiger partial charge in [-0.2, -0.15) is 0 Å². The van der Waals surface area contributed by atoms with Gasteiger partial charge in [0.2, 0.25) is 5.88 Å². The van der Waals surface area contributed by atoms with Crippen molar-refractivity contribution in [3.8, 4) is 5.88 Å². The van der Waals surface area contributed by atoms with E-state index in [-0.39, 0.29) is 0 Å². The van der Waals surface area contributed by atoms with Crippen molar-refractivity contribution in [1.29, 1.82) is 0 Å². The summed E-state index contributed by atoms with van der Waals surface area (Å²) in [5.41, 5.74) is 1.87. The van der Waals surface area contributed by atoms with Gasteiger partial charge in [-0.3, -0.25) is 9.97 Å². The van der Waals surface area contributed by atoms with Gasteiger partial charge in [-0.25, -0.2) is 9.97 Å². The molecule has 1 fully saturated rings. The lowest BCUT2D eigenvalue weighted by Crippen LogP contribution is -2.38. The third-order valence-electron chi connectivity index (χ3n) is 4.29. The van der Waals surface area contributed by atoms with Crippen LogP contribution in [-0.4, -0.2) is 39.6 Å². The molecular weight excluding hydrogens is 302 g/mol. The summed E-state index contributed by atoms with van der Waals surface area (Å²) in [5, 5.41) is 0. The smallest absolute Gasteiger partial charge is 0.232 e. The van der Waals surface area contributed by atoms with Crippen molar-refractivity contribution >= 4 is 16.9 Å². The van der Waals surface area contributed by atoms with Crippen LogP contribution < -0.4 is 9.64 Å². The average Bonchev–Trinajstić information content (AvgIpc) is 2.67. The standard InChI is InChI=1S/C18H19N5O/c1-2-6-16-15(5-1)21-10-17(22-16)23-9-3-4-14(12-23)13-24-18-11-19-7-8-20-18/h1-2,5-8,10-11,14H,3-4,9,12-13H2. The zero-order valence-electron chi connectivity index (χ0n) is 13.4. The lowest BCUT2D eigenvalue weighted by atomic mass is 9.99. The van der Waals surface area contributed by atoms with Crippen LogP contribution in [0, 0.1) is 5.92 Å². The number of hydrogen-bond acceptors (Lipinski definition) is 6. The fraction of sp³-hybridized carbons (Fsp3) is 0.333. The Hall–Kier alpha value is -2.76. The van der Waals surface area contributed by atoms with Gasteiger partial charge in [0.25, 0.3) is 0 Å². The Balaban J connectivity index is 1.43. The van der Waals surface area contributed by atoms with E-state index in [1.54, 1.807) is 18.6 Å². The molecule has 1 saturated heterocycles. The number of para-hydroxylation sites is 2. The minimum atomic E-state index is 0.453. The predicted molar refractivity (Wildman–Crippen MR) is 92.0 cm³/mol. The van der Waals surface area contributed by atoms with Gasteiger partial charge >= 0.3 is 0 Å². The highest BCUT2D eigenvalue weighted by molar-refractivity contribution is 5.75. The molecule has 3 aromatic rings. The predicted octanol–water partition coefficient (Wildman–Crippen LogP) is 2.72. The van der Waals surface area contributed by atoms with Gasteiger partial charge in [-0.1, -0.05) is 12.1 Å². The molecule has 0 aliphatic carbocycles. The van der Waals surface area contributed by atoms with Crippen molar-refractivity contribution in [1.82, 2.24) is 19.9 Å². The van der Waals surface area contributed by atoms with Gasteiger partial charge in [0.05, 0.1) is 30.0 Å². The van der Waals surface area contributed by atoms with E-state index in [4.69, 9.17) is 9.72 Å². The van der Waals surface area contributed by atoms with E-state index in [2.05, 4.69) is 19.9 Å². The molecule has 2 aromatic heterocycles. The quantitative estimate of drug-likeness (QED) is 0.736. The number of hydrogen-bond donors (Lipinski definition) is 0. The van der Waals surface area contributed by atoms with E-state index in [9.17, 15) is 0 Å². The fourth-order valence-corrected chi connectivity index (χ4v) is 3.07. The Morgan fingerprint density at radius 3 is 2.88 bits per heavy atom. The number of nitrogens with zero attached hydrogens (tertiary/aromatic N) is 5. The summed E-state index contributed by atoms with van der Waals surface area (Å²) in [7, 11) is 0. The topological polar surface area (TPSA) is 64.0 Å². The Kier molecular flexibility index (Phi) is 4.18. The van der Waals surface area contributed by atoms with Crippen LogP contribution in [0.2, 0.25) is 0 Å². The first-order valence-corrected chi connectivity index (χ1v) is 8.24. The molecule has 3 heterocycles. The maximum Gasteiger partial charge on any atom is 0.232 e. The van der Waals surface area contributed by atoms with Crippen LogP contribution in [0.1, 0.15) is 12.8 Å². The number of ether oxygens (including phenoxy) is 1. The van der Waals surface area contributed by atoms with Crippen LogP contribution in [0.5, 0.6) is 5.88 Å². The van der Waals surface area contributed by atoms with Gasteiger partial charge in [-0.15, -0.1) is 0 Å². The molecule has 0 radical (unpaired) electrons. The van der Waals surface area contributed by atoms with Crippen molar-refractivity contribution in [2.24, 2.45) is 5.92 Å². The summed E-state index contributed by atoms with van der Waals surface area (Å²) in [4.78, 5) is 19.7. The molecule has 4 rings (SSSR count). The number of piperidine rings is 1. The molecule has 6 heteroatoms. The second-order valence-corrected chi connectivity index (χ2v) is 6.03. The highest BCUT2D eigenvalue weighted by Crippen LogP contribution is 2.23. The SMILES string of the molecule is c1ccc2nc(N3CCCC(COc4cnccn4)C3)cnc2c1. The maximum absolute atomic E-state index is 5.76. The van der Waals surface area contributed by atoms with Gasteiger partial charge in [0.15, 0.2) is 0 Å². The van der Waals surface area contributed by atoms with Crippen molar-refractivity contribution < 1.29 is 4.74 Å². The van der Waals surface area contributed by atoms with Crippen LogP contribution in [0.4, 0.5) is 5.82 Å². The van der Waals surface area contributed by atoms with E-state index in [1.165, 1.54) is 0 Å². The van der Waals surface area contributed by atoms with E-state index < -0.39 is 0 Å². The normalized spacial score (nSPS) is 17.8.